The van der Waals surface area contributed by atoms with Gasteiger partial charge in [-0.05, 0) is 23.8 Å². The van der Waals surface area contributed by atoms with Crippen LogP contribution < -0.4 is 10.5 Å². The van der Waals surface area contributed by atoms with Crippen LogP contribution in [0.1, 0.15) is 17.2 Å². The van der Waals surface area contributed by atoms with E-state index in [-0.39, 0.29) is 36.5 Å². The van der Waals surface area contributed by atoms with Crippen LogP contribution in [-0.2, 0) is 11.3 Å². The Labute approximate surface area is 177 Å². The van der Waals surface area contributed by atoms with E-state index in [9.17, 15) is 9.18 Å². The van der Waals surface area contributed by atoms with Gasteiger partial charge in [-0.25, -0.2) is 4.39 Å². The van der Waals surface area contributed by atoms with Gasteiger partial charge in [0.2, 0.25) is 5.91 Å². The summed E-state index contributed by atoms with van der Waals surface area (Å²) in [4.78, 5) is 16.6. The highest BCUT2D eigenvalue weighted by atomic mass is 35.5. The Kier molecular flexibility index (Phi) is 9.69. The molecule has 0 radical (unpaired) electrons. The highest BCUT2D eigenvalue weighted by molar-refractivity contribution is 5.85. The molecule has 8 heteroatoms. The van der Waals surface area contributed by atoms with E-state index in [1.54, 1.807) is 18.1 Å². The lowest BCUT2D eigenvalue weighted by Gasteiger charge is -2.36. The van der Waals surface area contributed by atoms with Crippen molar-refractivity contribution < 1.29 is 13.9 Å². The molecule has 1 atom stereocenters. The summed E-state index contributed by atoms with van der Waals surface area (Å²) < 4.78 is 18.8. The molecule has 0 saturated carbocycles. The van der Waals surface area contributed by atoms with Crippen LogP contribution in [0.15, 0.2) is 48.5 Å². The number of rotatable bonds is 5. The third-order valence-corrected chi connectivity index (χ3v) is 4.75. The van der Waals surface area contributed by atoms with Gasteiger partial charge in [-0.2, -0.15) is 0 Å². The molecule has 1 heterocycles. The first-order valence-electron chi connectivity index (χ1n) is 8.72. The molecule has 5 nitrogen and oxygen atoms in total. The van der Waals surface area contributed by atoms with Crippen LogP contribution in [0.2, 0.25) is 0 Å². The first-order chi connectivity index (χ1) is 12.6. The largest absolute Gasteiger partial charge is 0.496 e. The van der Waals surface area contributed by atoms with Gasteiger partial charge in [-0.15, -0.1) is 24.8 Å². The Morgan fingerprint density at radius 3 is 2.36 bits per heavy atom. The number of ether oxygens (including phenoxy) is 1. The second kappa shape index (κ2) is 11.2. The van der Waals surface area contributed by atoms with Gasteiger partial charge in [0.1, 0.15) is 17.6 Å². The number of carbonyl (C=O) groups excluding carboxylic acids is 1. The summed E-state index contributed by atoms with van der Waals surface area (Å²) in [6.07, 6.45) is 0. The third kappa shape index (κ3) is 5.82. The molecule has 2 N–H and O–H groups in total. The molecule has 1 aliphatic rings. The van der Waals surface area contributed by atoms with E-state index in [4.69, 9.17) is 10.5 Å². The first-order valence-corrected chi connectivity index (χ1v) is 8.72. The molecule has 1 fully saturated rings. The zero-order valence-electron chi connectivity index (χ0n) is 15.7. The summed E-state index contributed by atoms with van der Waals surface area (Å²) in [6, 6.07) is 13.3. The van der Waals surface area contributed by atoms with Crippen LogP contribution in [0, 0.1) is 5.82 Å². The highest BCUT2D eigenvalue weighted by Gasteiger charge is 2.26. The van der Waals surface area contributed by atoms with E-state index < -0.39 is 6.04 Å². The lowest BCUT2D eigenvalue weighted by molar-refractivity contribution is -0.134. The molecule has 2 aromatic carbocycles. The summed E-state index contributed by atoms with van der Waals surface area (Å²) in [5.41, 5.74) is 7.76. The molecule has 3 rings (SSSR count). The van der Waals surface area contributed by atoms with Gasteiger partial charge in [0.05, 0.1) is 7.11 Å². The van der Waals surface area contributed by atoms with Crippen molar-refractivity contribution >= 4 is 30.7 Å². The minimum absolute atomic E-state index is 0. The van der Waals surface area contributed by atoms with Crippen molar-refractivity contribution in [1.29, 1.82) is 0 Å². The number of hydrogen-bond acceptors (Lipinski definition) is 4. The molecule has 0 aromatic heterocycles. The number of halogens is 3. The number of benzene rings is 2. The monoisotopic (exact) mass is 429 g/mol. The van der Waals surface area contributed by atoms with Gasteiger partial charge in [-0.3, -0.25) is 9.69 Å². The summed E-state index contributed by atoms with van der Waals surface area (Å²) in [5, 5.41) is 0. The minimum atomic E-state index is -0.633. The van der Waals surface area contributed by atoms with Crippen molar-refractivity contribution in [2.45, 2.75) is 12.6 Å². The molecule has 154 valence electrons. The van der Waals surface area contributed by atoms with E-state index in [0.29, 0.717) is 38.5 Å². The minimum Gasteiger partial charge on any atom is -0.496 e. The average Bonchev–Trinajstić information content (AvgIpc) is 2.68. The topological polar surface area (TPSA) is 58.8 Å². The maximum absolute atomic E-state index is 13.5. The Hall–Kier alpha value is -1.86. The molecular weight excluding hydrogens is 404 g/mol. The molecular formula is C20H26Cl2FN3O2. The Bertz CT molecular complexity index is 756. The van der Waals surface area contributed by atoms with E-state index in [1.165, 1.54) is 12.1 Å². The molecule has 1 unspecified atom stereocenters. The zero-order chi connectivity index (χ0) is 18.5. The lowest BCUT2D eigenvalue weighted by Crippen LogP contribution is -2.50. The molecule has 0 bridgehead atoms. The summed E-state index contributed by atoms with van der Waals surface area (Å²) >= 11 is 0. The fourth-order valence-corrected chi connectivity index (χ4v) is 3.24. The highest BCUT2D eigenvalue weighted by Crippen LogP contribution is 2.22. The molecule has 0 aliphatic carbocycles. The van der Waals surface area contributed by atoms with Gasteiger partial charge in [0.25, 0.3) is 0 Å². The molecule has 1 saturated heterocycles. The van der Waals surface area contributed by atoms with E-state index in [1.807, 2.05) is 30.3 Å². The van der Waals surface area contributed by atoms with Gasteiger partial charge >= 0.3 is 0 Å². The summed E-state index contributed by atoms with van der Waals surface area (Å²) in [5.74, 6) is 0.346. The quantitative estimate of drug-likeness (QED) is 0.793. The third-order valence-electron chi connectivity index (χ3n) is 4.75. The van der Waals surface area contributed by atoms with Crippen molar-refractivity contribution in [2.75, 3.05) is 33.3 Å². The standard InChI is InChI=1S/C20H24FN3O2.2ClH/c1-26-18-8-7-17(21)13-16(18)14-23-9-11-24(12-10-23)20(25)19(22)15-5-3-2-4-6-15;;/h2-8,13,19H,9-12,14,22H2,1H3;2*1H. The average molecular weight is 430 g/mol. The van der Waals surface area contributed by atoms with Gasteiger partial charge in [0.15, 0.2) is 0 Å². The van der Waals surface area contributed by atoms with Crippen molar-refractivity contribution in [3.05, 3.63) is 65.5 Å². The van der Waals surface area contributed by atoms with Crippen molar-refractivity contribution in [3.63, 3.8) is 0 Å². The van der Waals surface area contributed by atoms with Crippen LogP contribution in [-0.4, -0.2) is 49.0 Å². The SMILES string of the molecule is COc1ccc(F)cc1CN1CCN(C(=O)C(N)c2ccccc2)CC1.Cl.Cl. The van der Waals surface area contributed by atoms with Gasteiger partial charge < -0.3 is 15.4 Å². The smallest absolute Gasteiger partial charge is 0.244 e. The Morgan fingerprint density at radius 1 is 1.11 bits per heavy atom. The maximum atomic E-state index is 13.5. The van der Waals surface area contributed by atoms with Gasteiger partial charge in [-0.1, -0.05) is 30.3 Å². The van der Waals surface area contributed by atoms with Crippen molar-refractivity contribution in [2.24, 2.45) is 5.73 Å². The predicted molar refractivity (Wildman–Crippen MR) is 113 cm³/mol. The zero-order valence-corrected chi connectivity index (χ0v) is 17.3. The Balaban J connectivity index is 0.00000196. The first kappa shape index (κ1) is 24.2. The molecule has 2 aromatic rings. The normalized spacial score (nSPS) is 15.2. The molecule has 28 heavy (non-hydrogen) atoms. The number of amides is 1. The summed E-state index contributed by atoms with van der Waals surface area (Å²) in [6.45, 7) is 3.24. The molecule has 1 amide bonds. The second-order valence-electron chi connectivity index (χ2n) is 6.45. The van der Waals surface area contributed by atoms with Crippen LogP contribution in [0.4, 0.5) is 4.39 Å². The fraction of sp³-hybridized carbons (Fsp3) is 0.350. The molecule has 1 aliphatic heterocycles. The predicted octanol–water partition coefficient (Wildman–Crippen LogP) is 3.02. The lowest BCUT2D eigenvalue weighted by atomic mass is 10.1. The number of nitrogens with zero attached hydrogens (tertiary/aromatic N) is 2. The van der Waals surface area contributed by atoms with Crippen LogP contribution in [0.3, 0.4) is 0 Å². The number of methoxy groups -OCH3 is 1. The number of piperazine rings is 1. The van der Waals surface area contributed by atoms with E-state index in [0.717, 1.165) is 11.1 Å². The van der Waals surface area contributed by atoms with Gasteiger partial charge in [0, 0.05) is 38.3 Å². The number of hydrogen-bond donors (Lipinski definition) is 1. The second-order valence-corrected chi connectivity index (χ2v) is 6.45. The number of carbonyl (C=O) groups is 1. The summed E-state index contributed by atoms with van der Waals surface area (Å²) in [7, 11) is 1.58. The van der Waals surface area contributed by atoms with Crippen LogP contribution in [0.25, 0.3) is 0 Å². The molecule has 0 spiro atoms. The van der Waals surface area contributed by atoms with Crippen molar-refractivity contribution in [3.8, 4) is 5.75 Å². The van der Waals surface area contributed by atoms with Crippen molar-refractivity contribution in [1.82, 2.24) is 9.80 Å². The Morgan fingerprint density at radius 2 is 1.75 bits per heavy atom. The maximum Gasteiger partial charge on any atom is 0.244 e. The van der Waals surface area contributed by atoms with Crippen LogP contribution >= 0.6 is 24.8 Å². The number of nitrogens with two attached hydrogens (primary N) is 1. The van der Waals surface area contributed by atoms with E-state index >= 15 is 0 Å². The van der Waals surface area contributed by atoms with E-state index in [2.05, 4.69) is 4.90 Å². The van der Waals surface area contributed by atoms with Crippen LogP contribution in [0.5, 0.6) is 5.75 Å². The fourth-order valence-electron chi connectivity index (χ4n) is 3.24.